The molecule has 4 unspecified atom stereocenters. The van der Waals surface area contributed by atoms with Gasteiger partial charge in [0.2, 0.25) is 0 Å². The van der Waals surface area contributed by atoms with Crippen LogP contribution in [0.25, 0.3) is 0 Å². The Bertz CT molecular complexity index is 518. The van der Waals surface area contributed by atoms with Gasteiger partial charge in [0.1, 0.15) is 48.5 Å². The lowest BCUT2D eigenvalue weighted by atomic mass is 9.94. The summed E-state index contributed by atoms with van der Waals surface area (Å²) < 4.78 is 22.1. The molecule has 11 nitrogen and oxygen atoms in total. The van der Waals surface area contributed by atoms with Crippen LogP contribution in [0.4, 0.5) is 0 Å². The van der Waals surface area contributed by atoms with Crippen molar-refractivity contribution in [3.05, 3.63) is 0 Å². The molecule has 0 aliphatic carbocycles. The van der Waals surface area contributed by atoms with E-state index in [4.69, 9.17) is 18.9 Å². The Kier molecular flexibility index (Phi) is 9.35. The van der Waals surface area contributed by atoms with Crippen molar-refractivity contribution in [1.82, 2.24) is 0 Å². The summed E-state index contributed by atoms with van der Waals surface area (Å²) in [5, 5.41) is 60.4. The largest absolute Gasteiger partial charge is 0.394 e. The SMILES string of the molecule is CCCO[C@H]1OC(CO)[C@@H](O)[C@H](O)C1O[C@H]1OC(CCC(C)=O)[C@@H](O)[C@H](O)C1O. The summed E-state index contributed by atoms with van der Waals surface area (Å²) in [6, 6.07) is 0. The van der Waals surface area contributed by atoms with Crippen molar-refractivity contribution in [3.8, 4) is 0 Å². The van der Waals surface area contributed by atoms with Crippen LogP contribution in [0.2, 0.25) is 0 Å². The Morgan fingerprint density at radius 3 is 2.10 bits per heavy atom. The quantitative estimate of drug-likeness (QED) is 0.229. The van der Waals surface area contributed by atoms with Crippen LogP contribution in [0.15, 0.2) is 0 Å². The predicted octanol–water partition coefficient (Wildman–Crippen LogP) is -2.59. The molecule has 0 saturated carbocycles. The molecule has 11 heteroatoms. The van der Waals surface area contributed by atoms with Gasteiger partial charge in [0.15, 0.2) is 12.6 Å². The van der Waals surface area contributed by atoms with E-state index in [0.29, 0.717) is 6.42 Å². The predicted molar refractivity (Wildman–Crippen MR) is 95.5 cm³/mol. The monoisotopic (exact) mass is 424 g/mol. The molecule has 0 spiro atoms. The van der Waals surface area contributed by atoms with Gasteiger partial charge < -0.3 is 54.4 Å². The maximum absolute atomic E-state index is 11.2. The average molecular weight is 424 g/mol. The summed E-state index contributed by atoms with van der Waals surface area (Å²) in [7, 11) is 0. The van der Waals surface area contributed by atoms with Crippen molar-refractivity contribution >= 4 is 5.78 Å². The fourth-order valence-electron chi connectivity index (χ4n) is 3.34. The number of hydrogen-bond donors (Lipinski definition) is 6. The maximum Gasteiger partial charge on any atom is 0.187 e. The second-order valence-electron chi connectivity index (χ2n) is 7.43. The van der Waals surface area contributed by atoms with E-state index in [9.17, 15) is 35.4 Å². The third kappa shape index (κ3) is 5.91. The van der Waals surface area contributed by atoms with Crippen LogP contribution in [0.5, 0.6) is 0 Å². The summed E-state index contributed by atoms with van der Waals surface area (Å²) >= 11 is 0. The number of Topliss-reactive ketones (excluding diaryl/α,β-unsaturated/α-hetero) is 1. The second-order valence-corrected chi connectivity index (χ2v) is 7.43. The zero-order chi connectivity index (χ0) is 21.7. The van der Waals surface area contributed by atoms with Gasteiger partial charge in [0.05, 0.1) is 12.7 Å². The van der Waals surface area contributed by atoms with E-state index in [-0.39, 0.29) is 25.2 Å². The van der Waals surface area contributed by atoms with Crippen molar-refractivity contribution in [3.63, 3.8) is 0 Å². The molecule has 0 bridgehead atoms. The van der Waals surface area contributed by atoms with E-state index in [0.717, 1.165) is 0 Å². The zero-order valence-electron chi connectivity index (χ0n) is 16.5. The first-order valence-corrected chi connectivity index (χ1v) is 9.79. The highest BCUT2D eigenvalue weighted by molar-refractivity contribution is 5.75. The van der Waals surface area contributed by atoms with Gasteiger partial charge in [-0.3, -0.25) is 0 Å². The van der Waals surface area contributed by atoms with Gasteiger partial charge in [0, 0.05) is 13.0 Å². The van der Waals surface area contributed by atoms with E-state index in [1.54, 1.807) is 0 Å². The molecule has 0 radical (unpaired) electrons. The van der Waals surface area contributed by atoms with E-state index in [1.807, 2.05) is 6.92 Å². The molecule has 2 fully saturated rings. The molecular weight excluding hydrogens is 392 g/mol. The van der Waals surface area contributed by atoms with E-state index >= 15 is 0 Å². The summed E-state index contributed by atoms with van der Waals surface area (Å²) in [5.74, 6) is -0.138. The molecule has 0 amide bonds. The first-order valence-electron chi connectivity index (χ1n) is 9.79. The van der Waals surface area contributed by atoms with Crippen molar-refractivity contribution < 1.29 is 54.4 Å². The molecule has 2 saturated heterocycles. The van der Waals surface area contributed by atoms with Gasteiger partial charge in [-0.05, 0) is 19.8 Å². The van der Waals surface area contributed by atoms with E-state index in [2.05, 4.69) is 0 Å². The number of ether oxygens (including phenoxy) is 4. The van der Waals surface area contributed by atoms with Crippen molar-refractivity contribution in [1.29, 1.82) is 0 Å². The summed E-state index contributed by atoms with van der Waals surface area (Å²) in [6.07, 6.45) is -13.0. The molecule has 2 aliphatic heterocycles. The van der Waals surface area contributed by atoms with Crippen LogP contribution < -0.4 is 0 Å². The lowest BCUT2D eigenvalue weighted by Gasteiger charge is -2.46. The minimum absolute atomic E-state index is 0.0888. The van der Waals surface area contributed by atoms with Crippen LogP contribution in [0.3, 0.4) is 0 Å². The standard InChI is InChI=1S/C18H32O11/c1-3-6-26-18-16(14(24)12(22)10(7-19)28-18)29-17-15(25)13(23)11(21)9(27-17)5-4-8(2)20/h9-19,21-25H,3-7H2,1-2H3/t9?,10?,11-,12-,13+,14+,15?,16?,17-,18+/m1/s1. The average Bonchev–Trinajstić information content (AvgIpc) is 2.69. The molecule has 2 aliphatic rings. The highest BCUT2D eigenvalue weighted by Gasteiger charge is 2.50. The van der Waals surface area contributed by atoms with Crippen LogP contribution in [0, 0.1) is 0 Å². The fraction of sp³-hybridized carbons (Fsp3) is 0.944. The number of carbonyl (C=O) groups excluding carboxylic acids is 1. The van der Waals surface area contributed by atoms with E-state index < -0.39 is 68.0 Å². The lowest BCUT2D eigenvalue weighted by molar-refractivity contribution is -0.366. The number of aliphatic hydroxyl groups excluding tert-OH is 6. The minimum Gasteiger partial charge on any atom is -0.394 e. The Morgan fingerprint density at radius 1 is 0.897 bits per heavy atom. The Labute approximate surface area is 168 Å². The van der Waals surface area contributed by atoms with Gasteiger partial charge in [-0.25, -0.2) is 0 Å². The molecule has 0 aromatic carbocycles. The minimum atomic E-state index is -1.66. The van der Waals surface area contributed by atoms with Gasteiger partial charge in [-0.2, -0.15) is 0 Å². The fourth-order valence-corrected chi connectivity index (χ4v) is 3.34. The molecule has 170 valence electrons. The molecule has 2 heterocycles. The number of hydrogen-bond acceptors (Lipinski definition) is 11. The molecular formula is C18H32O11. The highest BCUT2D eigenvalue weighted by atomic mass is 16.8. The van der Waals surface area contributed by atoms with Crippen molar-refractivity contribution in [2.24, 2.45) is 0 Å². The molecule has 0 aromatic rings. The number of carbonyl (C=O) groups is 1. The molecule has 10 atom stereocenters. The Hall–Kier alpha value is -0.730. The van der Waals surface area contributed by atoms with Crippen LogP contribution >= 0.6 is 0 Å². The third-order valence-electron chi connectivity index (χ3n) is 5.05. The van der Waals surface area contributed by atoms with Crippen molar-refractivity contribution in [2.45, 2.75) is 94.5 Å². The molecule has 2 rings (SSSR count). The second kappa shape index (κ2) is 11.0. The smallest absolute Gasteiger partial charge is 0.187 e. The normalized spacial score (nSPS) is 43.3. The first-order chi connectivity index (χ1) is 13.7. The molecule has 29 heavy (non-hydrogen) atoms. The Morgan fingerprint density at radius 2 is 1.52 bits per heavy atom. The topological polar surface area (TPSA) is 175 Å². The van der Waals surface area contributed by atoms with Gasteiger partial charge >= 0.3 is 0 Å². The number of aliphatic hydroxyl groups is 6. The highest BCUT2D eigenvalue weighted by Crippen LogP contribution is 2.30. The Balaban J connectivity index is 2.14. The van der Waals surface area contributed by atoms with Gasteiger partial charge in [0.25, 0.3) is 0 Å². The van der Waals surface area contributed by atoms with Crippen LogP contribution in [-0.2, 0) is 23.7 Å². The number of rotatable bonds is 9. The van der Waals surface area contributed by atoms with Crippen LogP contribution in [-0.4, -0.2) is 111 Å². The summed E-state index contributed by atoms with van der Waals surface area (Å²) in [6.45, 7) is 2.90. The first kappa shape index (κ1) is 24.5. The summed E-state index contributed by atoms with van der Waals surface area (Å²) in [4.78, 5) is 11.2. The molecule has 6 N–H and O–H groups in total. The zero-order valence-corrected chi connectivity index (χ0v) is 16.5. The maximum atomic E-state index is 11.2. The summed E-state index contributed by atoms with van der Waals surface area (Å²) in [5.41, 5.74) is 0. The lowest BCUT2D eigenvalue weighted by Crippen LogP contribution is -2.64. The molecule has 0 aromatic heterocycles. The van der Waals surface area contributed by atoms with Crippen LogP contribution in [0.1, 0.15) is 33.1 Å². The van der Waals surface area contributed by atoms with Crippen molar-refractivity contribution in [2.75, 3.05) is 13.2 Å². The van der Waals surface area contributed by atoms with Gasteiger partial charge in [-0.1, -0.05) is 6.92 Å². The van der Waals surface area contributed by atoms with E-state index in [1.165, 1.54) is 6.92 Å². The number of ketones is 1. The third-order valence-corrected chi connectivity index (χ3v) is 5.05. The van der Waals surface area contributed by atoms with Gasteiger partial charge in [-0.15, -0.1) is 0 Å².